The highest BCUT2D eigenvalue weighted by Gasteiger charge is 2.21. The fourth-order valence-corrected chi connectivity index (χ4v) is 3.84. The van der Waals surface area contributed by atoms with Crippen LogP contribution < -0.4 is 10.6 Å². The van der Waals surface area contributed by atoms with Gasteiger partial charge in [0.15, 0.2) is 0 Å². The maximum Gasteiger partial charge on any atom is 0.253 e. The van der Waals surface area contributed by atoms with Gasteiger partial charge in [0.05, 0.1) is 6.54 Å². The van der Waals surface area contributed by atoms with Crippen LogP contribution in [0.25, 0.3) is 10.8 Å². The number of benzene rings is 3. The monoisotopic (exact) mass is 401 g/mol. The minimum atomic E-state index is -0.117. The third kappa shape index (κ3) is 4.62. The number of amides is 2. The largest absolute Gasteiger partial charge is 0.376 e. The Morgan fingerprint density at radius 1 is 0.933 bits per heavy atom. The number of fused-ring (bicyclic) bond motifs is 1. The lowest BCUT2D eigenvalue weighted by Gasteiger charge is -2.30. The molecule has 1 heterocycles. The van der Waals surface area contributed by atoms with Crippen molar-refractivity contribution < 1.29 is 9.59 Å². The van der Waals surface area contributed by atoms with E-state index in [4.69, 9.17) is 0 Å². The maximum absolute atomic E-state index is 12.6. The second-order valence-electron chi connectivity index (χ2n) is 7.98. The van der Waals surface area contributed by atoms with Gasteiger partial charge in [0.25, 0.3) is 5.91 Å². The number of anilines is 2. The first-order valence-electron chi connectivity index (χ1n) is 10.5. The molecule has 0 unspecified atom stereocenters. The van der Waals surface area contributed by atoms with E-state index < -0.39 is 0 Å². The van der Waals surface area contributed by atoms with E-state index in [0.29, 0.717) is 11.5 Å². The van der Waals surface area contributed by atoms with Crippen LogP contribution in [0.1, 0.15) is 30.1 Å². The molecule has 5 nitrogen and oxygen atoms in total. The molecule has 3 aromatic carbocycles. The Morgan fingerprint density at radius 3 is 2.40 bits per heavy atom. The third-order valence-corrected chi connectivity index (χ3v) is 5.72. The molecule has 0 radical (unpaired) electrons. The Kier molecular flexibility index (Phi) is 5.98. The molecule has 0 aromatic heterocycles. The van der Waals surface area contributed by atoms with Gasteiger partial charge in [0.2, 0.25) is 5.91 Å². The van der Waals surface area contributed by atoms with E-state index in [1.165, 1.54) is 0 Å². The van der Waals surface area contributed by atoms with Crippen LogP contribution in [-0.4, -0.2) is 36.3 Å². The number of nitrogens with zero attached hydrogens (tertiary/aromatic N) is 1. The van der Waals surface area contributed by atoms with Crippen molar-refractivity contribution in [1.29, 1.82) is 0 Å². The van der Waals surface area contributed by atoms with Crippen LogP contribution in [0.3, 0.4) is 0 Å². The molecule has 2 N–H and O–H groups in total. The predicted molar refractivity (Wildman–Crippen MR) is 122 cm³/mol. The summed E-state index contributed by atoms with van der Waals surface area (Å²) in [6.07, 6.45) is 2.13. The van der Waals surface area contributed by atoms with Crippen LogP contribution in [0.2, 0.25) is 0 Å². The molecule has 30 heavy (non-hydrogen) atoms. The van der Waals surface area contributed by atoms with Crippen molar-refractivity contribution in [2.24, 2.45) is 5.92 Å². The van der Waals surface area contributed by atoms with E-state index in [1.54, 1.807) is 0 Å². The lowest BCUT2D eigenvalue weighted by molar-refractivity contribution is -0.114. The zero-order valence-electron chi connectivity index (χ0n) is 17.2. The van der Waals surface area contributed by atoms with Gasteiger partial charge in [-0.15, -0.1) is 0 Å². The van der Waals surface area contributed by atoms with E-state index in [2.05, 4.69) is 17.6 Å². The van der Waals surface area contributed by atoms with Crippen molar-refractivity contribution in [2.75, 3.05) is 30.3 Å². The van der Waals surface area contributed by atoms with Crippen LogP contribution in [0.15, 0.2) is 66.7 Å². The number of rotatable bonds is 5. The van der Waals surface area contributed by atoms with Crippen LogP contribution in [0, 0.1) is 5.92 Å². The van der Waals surface area contributed by atoms with E-state index >= 15 is 0 Å². The molecule has 0 bridgehead atoms. The van der Waals surface area contributed by atoms with Crippen LogP contribution in [0.4, 0.5) is 11.4 Å². The summed E-state index contributed by atoms with van der Waals surface area (Å²) in [7, 11) is 0. The predicted octanol–water partition coefficient (Wildman–Crippen LogP) is 4.76. The molecule has 0 saturated carbocycles. The Bertz CT molecular complexity index is 1030. The zero-order chi connectivity index (χ0) is 20.9. The molecule has 5 heteroatoms. The Balaban J connectivity index is 1.32. The minimum Gasteiger partial charge on any atom is -0.376 e. The number of likely N-dealkylation sites (tertiary alicyclic amines) is 1. The first kappa shape index (κ1) is 20.0. The average molecular weight is 402 g/mol. The topological polar surface area (TPSA) is 61.4 Å². The number of hydrogen-bond acceptors (Lipinski definition) is 3. The summed E-state index contributed by atoms with van der Waals surface area (Å²) in [5.41, 5.74) is 2.30. The summed E-state index contributed by atoms with van der Waals surface area (Å²) >= 11 is 0. The maximum atomic E-state index is 12.6. The van der Waals surface area contributed by atoms with Gasteiger partial charge in [-0.05, 0) is 54.5 Å². The number of piperidine rings is 1. The van der Waals surface area contributed by atoms with Crippen molar-refractivity contribution in [3.05, 3.63) is 72.3 Å². The lowest BCUT2D eigenvalue weighted by Crippen LogP contribution is -2.37. The van der Waals surface area contributed by atoms with Crippen LogP contribution >= 0.6 is 0 Å². The zero-order valence-corrected chi connectivity index (χ0v) is 17.2. The van der Waals surface area contributed by atoms with Gasteiger partial charge < -0.3 is 15.5 Å². The second kappa shape index (κ2) is 8.99. The van der Waals surface area contributed by atoms with Crippen molar-refractivity contribution in [3.8, 4) is 0 Å². The second-order valence-corrected chi connectivity index (χ2v) is 7.98. The molecule has 1 aliphatic rings. The number of carbonyl (C=O) groups is 2. The van der Waals surface area contributed by atoms with Crippen molar-refractivity contribution >= 4 is 34.0 Å². The third-order valence-electron chi connectivity index (χ3n) is 5.72. The molecule has 154 valence electrons. The Morgan fingerprint density at radius 2 is 1.63 bits per heavy atom. The Labute approximate surface area is 177 Å². The van der Waals surface area contributed by atoms with E-state index in [1.807, 2.05) is 71.6 Å². The minimum absolute atomic E-state index is 0.0853. The van der Waals surface area contributed by atoms with Gasteiger partial charge in [-0.1, -0.05) is 43.3 Å². The smallest absolute Gasteiger partial charge is 0.253 e. The quantitative estimate of drug-likeness (QED) is 0.648. The highest BCUT2D eigenvalue weighted by atomic mass is 16.2. The van der Waals surface area contributed by atoms with E-state index in [-0.39, 0.29) is 18.4 Å². The molecule has 1 aliphatic heterocycles. The van der Waals surface area contributed by atoms with Gasteiger partial charge in [-0.2, -0.15) is 0 Å². The molecule has 4 rings (SSSR count). The highest BCUT2D eigenvalue weighted by molar-refractivity contribution is 6.03. The van der Waals surface area contributed by atoms with Crippen molar-refractivity contribution in [3.63, 3.8) is 0 Å². The van der Waals surface area contributed by atoms with E-state index in [0.717, 1.165) is 48.1 Å². The standard InChI is InChI=1S/C25H27N3O2/c1-18-13-15-28(16-14-18)25(30)20-9-11-21(12-10-20)26-17-24(29)27-23-8-4-6-19-5-2-3-7-22(19)23/h2-12,18,26H,13-17H2,1H3,(H,27,29). The molecule has 3 aromatic rings. The SMILES string of the molecule is CC1CCN(C(=O)c2ccc(NCC(=O)Nc3cccc4ccccc34)cc2)CC1. The highest BCUT2D eigenvalue weighted by Crippen LogP contribution is 2.23. The lowest BCUT2D eigenvalue weighted by atomic mass is 9.98. The molecular weight excluding hydrogens is 374 g/mol. The van der Waals surface area contributed by atoms with Gasteiger partial charge in [0, 0.05) is 35.4 Å². The summed E-state index contributed by atoms with van der Waals surface area (Å²) in [5.74, 6) is 0.664. The average Bonchev–Trinajstić information content (AvgIpc) is 2.78. The molecule has 2 amide bonds. The number of nitrogens with one attached hydrogen (secondary N) is 2. The fourth-order valence-electron chi connectivity index (χ4n) is 3.84. The molecule has 1 saturated heterocycles. The number of carbonyl (C=O) groups excluding carboxylic acids is 2. The summed E-state index contributed by atoms with van der Waals surface area (Å²) in [6.45, 7) is 4.04. The molecule has 0 atom stereocenters. The van der Waals surface area contributed by atoms with Gasteiger partial charge in [-0.3, -0.25) is 9.59 Å². The first-order valence-corrected chi connectivity index (χ1v) is 10.5. The summed E-state index contributed by atoms with van der Waals surface area (Å²) in [6, 6.07) is 21.2. The summed E-state index contributed by atoms with van der Waals surface area (Å²) < 4.78 is 0. The van der Waals surface area contributed by atoms with Crippen molar-refractivity contribution in [2.45, 2.75) is 19.8 Å². The van der Waals surface area contributed by atoms with Gasteiger partial charge in [0.1, 0.15) is 0 Å². The molecular formula is C25H27N3O2. The summed E-state index contributed by atoms with van der Waals surface area (Å²) in [4.78, 5) is 27.0. The van der Waals surface area contributed by atoms with E-state index in [9.17, 15) is 9.59 Å². The molecule has 1 fully saturated rings. The molecule has 0 spiro atoms. The van der Waals surface area contributed by atoms with Crippen LogP contribution in [-0.2, 0) is 4.79 Å². The van der Waals surface area contributed by atoms with Crippen molar-refractivity contribution in [1.82, 2.24) is 4.90 Å². The van der Waals surface area contributed by atoms with Gasteiger partial charge >= 0.3 is 0 Å². The molecule has 0 aliphatic carbocycles. The van der Waals surface area contributed by atoms with Crippen LogP contribution in [0.5, 0.6) is 0 Å². The number of hydrogen-bond donors (Lipinski definition) is 2. The normalized spacial score (nSPS) is 14.5. The van der Waals surface area contributed by atoms with Gasteiger partial charge in [-0.25, -0.2) is 0 Å². The summed E-state index contributed by atoms with van der Waals surface area (Å²) in [5, 5.41) is 8.20. The first-order chi connectivity index (χ1) is 14.6. The Hall–Kier alpha value is -3.34. The fraction of sp³-hybridized carbons (Fsp3) is 0.280.